The highest BCUT2D eigenvalue weighted by Gasteiger charge is 2.24. The number of carbonyl (C=O) groups is 2. The summed E-state index contributed by atoms with van der Waals surface area (Å²) in [5, 5.41) is 19.1. The molecular formula is C23H20Cl3N5O5S2. The molecule has 10 nitrogen and oxygen atoms in total. The number of hydrogen-bond donors (Lipinski definition) is 2. The monoisotopic (exact) mass is 615 g/mol. The maximum absolute atomic E-state index is 13.3. The second kappa shape index (κ2) is 13.2. The summed E-state index contributed by atoms with van der Waals surface area (Å²) >= 11 is 20.9. The Kier molecular flexibility index (Phi) is 10.2. The summed E-state index contributed by atoms with van der Waals surface area (Å²) in [6.45, 7) is 0.228. The molecule has 0 saturated carbocycles. The van der Waals surface area contributed by atoms with Gasteiger partial charge in [0.25, 0.3) is 18.0 Å². The second-order valence-corrected chi connectivity index (χ2v) is 10.4. The van der Waals surface area contributed by atoms with Crippen molar-refractivity contribution in [2.75, 3.05) is 31.0 Å². The Morgan fingerprint density at radius 3 is 2.55 bits per heavy atom. The Balaban J connectivity index is 1.88. The Morgan fingerprint density at radius 2 is 1.95 bits per heavy atom. The zero-order chi connectivity index (χ0) is 28.0. The van der Waals surface area contributed by atoms with E-state index in [2.05, 4.69) is 15.6 Å². The van der Waals surface area contributed by atoms with Crippen LogP contribution in [0.2, 0.25) is 15.1 Å². The predicted molar refractivity (Wildman–Crippen MR) is 153 cm³/mol. The lowest BCUT2D eigenvalue weighted by molar-refractivity contribution is -0.403. The molecule has 0 aliphatic heterocycles. The van der Waals surface area contributed by atoms with Gasteiger partial charge in [0.1, 0.15) is 15.7 Å². The highest BCUT2D eigenvalue weighted by molar-refractivity contribution is 8.02. The van der Waals surface area contributed by atoms with E-state index in [1.54, 1.807) is 29.6 Å². The average molecular weight is 617 g/mol. The van der Waals surface area contributed by atoms with Gasteiger partial charge in [-0.15, -0.1) is 23.1 Å². The fraction of sp³-hybridized carbons (Fsp3) is 0.174. The van der Waals surface area contributed by atoms with Gasteiger partial charge in [-0.2, -0.15) is 0 Å². The van der Waals surface area contributed by atoms with Crippen molar-refractivity contribution in [1.29, 1.82) is 0 Å². The number of hydrogen-bond acceptors (Lipinski definition) is 9. The maximum Gasteiger partial charge on any atom is 0.267 e. The summed E-state index contributed by atoms with van der Waals surface area (Å²) in [5.41, 5.74) is 0.703. The number of aromatic nitrogens is 1. The fourth-order valence-electron chi connectivity index (χ4n) is 3.24. The summed E-state index contributed by atoms with van der Waals surface area (Å²) in [6.07, 6.45) is 4.00. The van der Waals surface area contributed by atoms with Crippen LogP contribution in [0.3, 0.4) is 0 Å². The molecule has 15 heteroatoms. The van der Waals surface area contributed by atoms with E-state index < -0.39 is 16.7 Å². The van der Waals surface area contributed by atoms with E-state index in [-0.39, 0.29) is 44.3 Å². The van der Waals surface area contributed by atoms with Crippen LogP contribution in [0.5, 0.6) is 5.75 Å². The Hall–Kier alpha value is -3.03. The third-order valence-corrected chi connectivity index (χ3v) is 7.91. The minimum atomic E-state index is -0.598. The molecule has 0 radical (unpaired) electrons. The molecule has 38 heavy (non-hydrogen) atoms. The number of rotatable bonds is 10. The molecule has 3 aromatic rings. The standard InChI is InChI=1S/C23H20Cl3N5O5S2/c1-30(17(37-3)10-31(34)35)9-12-11-38-21(18(12)26)23(33)29-19-14(5-6-15(25)20(19)36-2)22(32)28-16-7-4-13(24)8-27-16/h4-8,10-11H,9H2,1-3H3,(H,29,33)(H,27,28,32). The first-order chi connectivity index (χ1) is 18.0. The van der Waals surface area contributed by atoms with Crippen molar-refractivity contribution in [3.8, 4) is 5.75 Å². The van der Waals surface area contributed by atoms with Crippen molar-refractivity contribution < 1.29 is 19.2 Å². The van der Waals surface area contributed by atoms with Gasteiger partial charge in [0, 0.05) is 25.4 Å². The molecule has 2 aromatic heterocycles. The van der Waals surface area contributed by atoms with E-state index in [1.165, 1.54) is 43.3 Å². The zero-order valence-electron chi connectivity index (χ0n) is 20.1. The van der Waals surface area contributed by atoms with Gasteiger partial charge in [-0.1, -0.05) is 34.8 Å². The number of nitrogens with zero attached hydrogens (tertiary/aromatic N) is 3. The van der Waals surface area contributed by atoms with E-state index >= 15 is 0 Å². The summed E-state index contributed by atoms with van der Waals surface area (Å²) in [7, 11) is 3.03. The molecule has 0 aliphatic rings. The van der Waals surface area contributed by atoms with Gasteiger partial charge in [0.05, 0.1) is 38.4 Å². The quantitative estimate of drug-likeness (QED) is 0.196. The molecule has 200 valence electrons. The van der Waals surface area contributed by atoms with Gasteiger partial charge in [-0.05, 0) is 35.9 Å². The number of halogens is 3. The minimum absolute atomic E-state index is 0.0400. The van der Waals surface area contributed by atoms with Crippen LogP contribution in [-0.2, 0) is 6.54 Å². The van der Waals surface area contributed by atoms with Crippen LogP contribution in [0, 0.1) is 10.1 Å². The van der Waals surface area contributed by atoms with Gasteiger partial charge in [0.15, 0.2) is 5.75 Å². The Morgan fingerprint density at radius 1 is 1.21 bits per heavy atom. The highest BCUT2D eigenvalue weighted by Crippen LogP contribution is 2.38. The number of methoxy groups -OCH3 is 1. The van der Waals surface area contributed by atoms with Crippen molar-refractivity contribution in [3.63, 3.8) is 0 Å². The third-order valence-electron chi connectivity index (χ3n) is 4.98. The maximum atomic E-state index is 13.3. The van der Waals surface area contributed by atoms with Gasteiger partial charge in [-0.25, -0.2) is 4.98 Å². The topological polar surface area (TPSA) is 127 Å². The lowest BCUT2D eigenvalue weighted by Crippen LogP contribution is -2.19. The summed E-state index contributed by atoms with van der Waals surface area (Å²) < 4.78 is 5.37. The number of amides is 2. The smallest absolute Gasteiger partial charge is 0.267 e. The lowest BCUT2D eigenvalue weighted by atomic mass is 10.1. The SMILES string of the molecule is COc1c(Cl)ccc(C(=O)Nc2ccc(Cl)cn2)c1NC(=O)c1scc(CN(C)C(=C[N+](=O)[O-])SC)c1Cl. The van der Waals surface area contributed by atoms with Crippen LogP contribution in [0.25, 0.3) is 0 Å². The molecule has 0 atom stereocenters. The van der Waals surface area contributed by atoms with Crippen molar-refractivity contribution in [2.45, 2.75) is 6.54 Å². The normalized spacial score (nSPS) is 11.2. The molecule has 2 heterocycles. The molecule has 1 aromatic carbocycles. The molecule has 2 N–H and O–H groups in total. The van der Waals surface area contributed by atoms with Crippen LogP contribution in [0.4, 0.5) is 11.5 Å². The molecule has 0 unspecified atom stereocenters. The summed E-state index contributed by atoms with van der Waals surface area (Å²) in [6, 6.07) is 6.00. The van der Waals surface area contributed by atoms with E-state index in [1.807, 2.05) is 0 Å². The number of nitro groups is 1. The summed E-state index contributed by atoms with van der Waals surface area (Å²) in [4.78, 5) is 42.5. The van der Waals surface area contributed by atoms with E-state index in [9.17, 15) is 19.7 Å². The number of thiophene rings is 1. The molecule has 2 amide bonds. The lowest BCUT2D eigenvalue weighted by Gasteiger charge is -2.18. The predicted octanol–water partition coefficient (Wildman–Crippen LogP) is 6.49. The molecule has 0 bridgehead atoms. The minimum Gasteiger partial charge on any atom is -0.493 e. The van der Waals surface area contributed by atoms with Crippen LogP contribution in [-0.4, -0.2) is 47.0 Å². The van der Waals surface area contributed by atoms with Crippen LogP contribution >= 0.6 is 57.9 Å². The van der Waals surface area contributed by atoms with Crippen LogP contribution < -0.4 is 15.4 Å². The van der Waals surface area contributed by atoms with Crippen molar-refractivity contribution in [3.05, 3.63) is 88.3 Å². The van der Waals surface area contributed by atoms with E-state index in [0.29, 0.717) is 15.6 Å². The van der Waals surface area contributed by atoms with Crippen LogP contribution in [0.15, 0.2) is 47.1 Å². The number of pyridine rings is 1. The molecule has 0 aliphatic carbocycles. The van der Waals surface area contributed by atoms with Crippen molar-refractivity contribution in [2.24, 2.45) is 0 Å². The number of nitrogens with one attached hydrogen (secondary N) is 2. The highest BCUT2D eigenvalue weighted by atomic mass is 35.5. The third kappa shape index (κ3) is 7.08. The first-order valence-corrected chi connectivity index (χ1v) is 13.8. The van der Waals surface area contributed by atoms with E-state index in [4.69, 9.17) is 39.5 Å². The van der Waals surface area contributed by atoms with Crippen molar-refractivity contribution >= 4 is 81.2 Å². The van der Waals surface area contributed by atoms with E-state index in [0.717, 1.165) is 17.5 Å². The molecule has 0 saturated heterocycles. The Bertz CT molecular complexity index is 1400. The number of ether oxygens (including phenoxy) is 1. The molecular weight excluding hydrogens is 597 g/mol. The first kappa shape index (κ1) is 29.5. The van der Waals surface area contributed by atoms with Crippen molar-refractivity contribution in [1.82, 2.24) is 9.88 Å². The molecule has 0 spiro atoms. The molecule has 3 rings (SSSR count). The number of carbonyl (C=O) groups excluding carboxylic acids is 2. The average Bonchev–Trinajstić information content (AvgIpc) is 3.23. The second-order valence-electron chi connectivity index (χ2n) is 7.49. The zero-order valence-corrected chi connectivity index (χ0v) is 24.0. The van der Waals surface area contributed by atoms with Gasteiger partial charge in [0.2, 0.25) is 0 Å². The Labute approximate surface area is 241 Å². The van der Waals surface area contributed by atoms with Gasteiger partial charge in [-0.3, -0.25) is 19.7 Å². The van der Waals surface area contributed by atoms with Crippen LogP contribution in [0.1, 0.15) is 25.6 Å². The summed E-state index contributed by atoms with van der Waals surface area (Å²) in [5.74, 6) is -0.846. The van der Waals surface area contributed by atoms with Gasteiger partial charge >= 0.3 is 0 Å². The fourth-order valence-corrected chi connectivity index (χ4v) is 5.40. The van der Waals surface area contributed by atoms with Gasteiger partial charge < -0.3 is 20.3 Å². The number of anilines is 2. The number of benzene rings is 1. The first-order valence-electron chi connectivity index (χ1n) is 10.5. The largest absolute Gasteiger partial charge is 0.493 e. The molecule has 0 fully saturated rings. The number of thioether (sulfide) groups is 1.